The third-order valence-corrected chi connectivity index (χ3v) is 13.3. The Balaban J connectivity index is 1.58. The Morgan fingerprint density at radius 1 is 0.556 bits per heavy atom. The number of fused-ring (bicyclic) bond motifs is 2. The zero-order chi connectivity index (χ0) is 24.4. The maximum Gasteiger partial charge on any atom is 0.0455 e. The summed E-state index contributed by atoms with van der Waals surface area (Å²) >= 11 is 11.5. The van der Waals surface area contributed by atoms with E-state index >= 15 is 0 Å². The molecule has 0 unspecified atom stereocenters. The lowest BCUT2D eigenvalue weighted by Crippen LogP contribution is -1.81. The fourth-order valence-corrected chi connectivity index (χ4v) is 10.9. The molecule has 0 N–H and O–H groups in total. The molecule has 7 aromatic rings. The fourth-order valence-electron chi connectivity index (χ4n) is 4.71. The van der Waals surface area contributed by atoms with Crippen molar-refractivity contribution < 1.29 is 0 Å². The van der Waals surface area contributed by atoms with Gasteiger partial charge in [0, 0.05) is 70.3 Å². The minimum atomic E-state index is 0.561. The Kier molecular flexibility index (Phi) is 5.80. The largest absolute Gasteiger partial charge is 0.144 e. The molecule has 36 heavy (non-hydrogen) atoms. The summed E-state index contributed by atoms with van der Waals surface area (Å²) in [5, 5.41) is 7.20. The van der Waals surface area contributed by atoms with Crippen molar-refractivity contribution in [2.45, 2.75) is 26.7 Å². The maximum atomic E-state index is 2.47. The zero-order valence-electron chi connectivity index (χ0n) is 20.0. The van der Waals surface area contributed by atoms with E-state index in [-0.39, 0.29) is 0 Å². The lowest BCUT2D eigenvalue weighted by molar-refractivity contribution is 0.890. The SMILES string of the molecule is Cc1ccc(-c2cc3c(-c4cccs4)c4sc(-c5ccc(C(C)C)s5)cc4c(-c4cccs4)c3s2)s1. The predicted octanol–water partition coefficient (Wildman–Crippen LogP) is 12.5. The van der Waals surface area contributed by atoms with Crippen LogP contribution in [0.1, 0.15) is 29.5 Å². The standard InChI is InChI=1S/C30H22S6/c1-16(2)20-10-11-22(34-20)26-15-19-28(24-7-5-13-32-24)29-18(14-25(35-29)21-9-8-17(3)33-21)27(30(19)36-26)23-6-4-12-31-23/h4-16H,1-3H3. The molecule has 0 radical (unpaired) electrons. The lowest BCUT2D eigenvalue weighted by Gasteiger charge is -2.09. The monoisotopic (exact) mass is 574 g/mol. The molecule has 0 atom stereocenters. The Morgan fingerprint density at radius 2 is 1.11 bits per heavy atom. The van der Waals surface area contributed by atoms with E-state index < -0.39 is 0 Å². The molecule has 6 heteroatoms. The van der Waals surface area contributed by atoms with Crippen molar-refractivity contribution in [3.63, 3.8) is 0 Å². The van der Waals surface area contributed by atoms with Gasteiger partial charge in [-0.3, -0.25) is 0 Å². The Hall–Kier alpha value is -2.06. The minimum Gasteiger partial charge on any atom is -0.144 e. The summed E-state index contributed by atoms with van der Waals surface area (Å²) in [6, 6.07) is 23.0. The third kappa shape index (κ3) is 3.78. The van der Waals surface area contributed by atoms with Gasteiger partial charge in [0.15, 0.2) is 0 Å². The molecule has 0 amide bonds. The third-order valence-electron chi connectivity index (χ3n) is 6.41. The lowest BCUT2D eigenvalue weighted by atomic mass is 9.99. The highest BCUT2D eigenvalue weighted by atomic mass is 32.1. The van der Waals surface area contributed by atoms with Gasteiger partial charge in [-0.1, -0.05) is 26.0 Å². The van der Waals surface area contributed by atoms with Gasteiger partial charge in [0.1, 0.15) is 0 Å². The van der Waals surface area contributed by atoms with Crippen LogP contribution in [0.25, 0.3) is 60.6 Å². The molecular formula is C30H22S6. The number of hydrogen-bond donors (Lipinski definition) is 0. The van der Waals surface area contributed by atoms with E-state index in [1.165, 1.54) is 70.3 Å². The second-order valence-corrected chi connectivity index (χ2v) is 15.6. The highest BCUT2D eigenvalue weighted by Crippen LogP contribution is 2.54. The summed E-state index contributed by atoms with van der Waals surface area (Å²) in [5.74, 6) is 0.561. The summed E-state index contributed by atoms with van der Waals surface area (Å²) in [4.78, 5) is 11.0. The van der Waals surface area contributed by atoms with Gasteiger partial charge in [0.25, 0.3) is 0 Å². The second-order valence-electron chi connectivity index (χ2n) is 9.18. The van der Waals surface area contributed by atoms with Crippen LogP contribution in [0.3, 0.4) is 0 Å². The van der Waals surface area contributed by atoms with Crippen molar-refractivity contribution in [1.29, 1.82) is 0 Å². The van der Waals surface area contributed by atoms with Crippen LogP contribution in [0.4, 0.5) is 0 Å². The maximum absolute atomic E-state index is 2.47. The van der Waals surface area contributed by atoms with Gasteiger partial charge in [-0.05, 0) is 72.1 Å². The molecular weight excluding hydrogens is 553 g/mol. The van der Waals surface area contributed by atoms with Gasteiger partial charge in [-0.2, -0.15) is 0 Å². The average molecular weight is 575 g/mol. The summed E-state index contributed by atoms with van der Waals surface area (Å²) < 4.78 is 2.82. The van der Waals surface area contributed by atoms with E-state index in [4.69, 9.17) is 0 Å². The molecule has 0 aliphatic rings. The number of hydrogen-bond acceptors (Lipinski definition) is 6. The number of thiophene rings is 6. The molecule has 1 aromatic carbocycles. The molecule has 0 saturated carbocycles. The topological polar surface area (TPSA) is 0 Å². The van der Waals surface area contributed by atoms with Gasteiger partial charge in [0.2, 0.25) is 0 Å². The van der Waals surface area contributed by atoms with Gasteiger partial charge >= 0.3 is 0 Å². The molecule has 7 rings (SSSR count). The van der Waals surface area contributed by atoms with Gasteiger partial charge in [0.05, 0.1) is 0 Å². The summed E-state index contributed by atoms with van der Waals surface area (Å²) in [6.07, 6.45) is 0. The molecule has 0 fully saturated rings. The molecule has 0 bridgehead atoms. The van der Waals surface area contributed by atoms with E-state index in [2.05, 4.69) is 92.2 Å². The molecule has 0 spiro atoms. The van der Waals surface area contributed by atoms with Crippen LogP contribution < -0.4 is 0 Å². The van der Waals surface area contributed by atoms with Gasteiger partial charge in [-0.25, -0.2) is 0 Å². The molecule has 178 valence electrons. The van der Waals surface area contributed by atoms with E-state index in [1.807, 2.05) is 68.0 Å². The fraction of sp³-hybridized carbons (Fsp3) is 0.133. The Labute approximate surface area is 234 Å². The van der Waals surface area contributed by atoms with Crippen LogP contribution in [0, 0.1) is 6.92 Å². The van der Waals surface area contributed by atoms with E-state index in [1.54, 1.807) is 0 Å². The molecule has 0 saturated heterocycles. The van der Waals surface area contributed by atoms with Crippen LogP contribution in [0.15, 0.2) is 71.4 Å². The molecule has 0 aliphatic carbocycles. The van der Waals surface area contributed by atoms with Crippen molar-refractivity contribution in [1.82, 2.24) is 0 Å². The Morgan fingerprint density at radius 3 is 1.56 bits per heavy atom. The average Bonchev–Trinajstić information content (AvgIpc) is 3.69. The van der Waals surface area contributed by atoms with Crippen LogP contribution in [-0.4, -0.2) is 0 Å². The first-order valence-electron chi connectivity index (χ1n) is 11.8. The van der Waals surface area contributed by atoms with Gasteiger partial charge in [-0.15, -0.1) is 68.0 Å². The van der Waals surface area contributed by atoms with E-state index in [0.717, 1.165) is 0 Å². The first-order valence-corrected chi connectivity index (χ1v) is 16.9. The van der Waals surface area contributed by atoms with Crippen molar-refractivity contribution in [2.75, 3.05) is 0 Å². The number of benzene rings is 1. The highest BCUT2D eigenvalue weighted by molar-refractivity contribution is 7.29. The molecule has 0 aliphatic heterocycles. The van der Waals surface area contributed by atoms with Crippen molar-refractivity contribution >= 4 is 88.2 Å². The summed E-state index contributed by atoms with van der Waals surface area (Å²) in [6.45, 7) is 6.76. The smallest absolute Gasteiger partial charge is 0.0455 e. The first-order chi connectivity index (χ1) is 17.6. The number of rotatable bonds is 5. The van der Waals surface area contributed by atoms with Gasteiger partial charge < -0.3 is 0 Å². The van der Waals surface area contributed by atoms with Crippen LogP contribution in [-0.2, 0) is 0 Å². The zero-order valence-corrected chi connectivity index (χ0v) is 24.9. The minimum absolute atomic E-state index is 0.561. The van der Waals surface area contributed by atoms with E-state index in [9.17, 15) is 0 Å². The first kappa shape index (κ1) is 23.1. The highest BCUT2D eigenvalue weighted by Gasteiger charge is 2.23. The van der Waals surface area contributed by atoms with E-state index in [0.29, 0.717) is 5.92 Å². The molecule has 6 heterocycles. The van der Waals surface area contributed by atoms with Crippen LogP contribution >= 0.6 is 68.0 Å². The van der Waals surface area contributed by atoms with Crippen molar-refractivity contribution in [2.24, 2.45) is 0 Å². The van der Waals surface area contributed by atoms with Crippen LogP contribution in [0.5, 0.6) is 0 Å². The molecule has 6 aromatic heterocycles. The normalized spacial score (nSPS) is 12.0. The molecule has 0 nitrogen and oxygen atoms in total. The number of aryl methyl sites for hydroxylation is 1. The van der Waals surface area contributed by atoms with Crippen molar-refractivity contribution in [3.8, 4) is 40.4 Å². The van der Waals surface area contributed by atoms with Crippen molar-refractivity contribution in [3.05, 3.63) is 81.2 Å². The predicted molar refractivity (Wildman–Crippen MR) is 169 cm³/mol. The second kappa shape index (κ2) is 9.05. The Bertz CT molecular complexity index is 1720. The van der Waals surface area contributed by atoms with Crippen LogP contribution in [0.2, 0.25) is 0 Å². The summed E-state index contributed by atoms with van der Waals surface area (Å²) in [7, 11) is 0. The summed E-state index contributed by atoms with van der Waals surface area (Å²) in [5.41, 5.74) is 2.81. The quantitative estimate of drug-likeness (QED) is 0.192.